The zero-order valence-corrected chi connectivity index (χ0v) is 48.5. The van der Waals surface area contributed by atoms with Gasteiger partial charge in [-0.2, -0.15) is 0 Å². The van der Waals surface area contributed by atoms with Gasteiger partial charge in [0.2, 0.25) is 0 Å². The molecule has 12 aromatic carbocycles. The summed E-state index contributed by atoms with van der Waals surface area (Å²) in [4.78, 5) is 5.23. The molecular weight excluding hydrogens is 1010 g/mol. The van der Waals surface area contributed by atoms with Gasteiger partial charge in [0.15, 0.2) is 0 Å². The molecular formula is C80H64BN3. The molecule has 84 heavy (non-hydrogen) atoms. The molecule has 2 aliphatic rings. The third-order valence-corrected chi connectivity index (χ3v) is 17.6. The first-order valence-corrected chi connectivity index (χ1v) is 29.6. The first-order valence-electron chi connectivity index (χ1n) is 29.6. The van der Waals surface area contributed by atoms with Crippen molar-refractivity contribution >= 4 is 79.0 Å². The number of hydrogen-bond acceptors (Lipinski definition) is 2. The fourth-order valence-electron chi connectivity index (χ4n) is 13.3. The third kappa shape index (κ3) is 8.75. The minimum atomic E-state index is -0.106. The zero-order chi connectivity index (χ0) is 56.8. The van der Waals surface area contributed by atoms with Crippen LogP contribution >= 0.6 is 0 Å². The molecule has 0 radical (unpaired) electrons. The highest BCUT2D eigenvalue weighted by molar-refractivity contribution is 7.00. The van der Waals surface area contributed by atoms with Crippen molar-refractivity contribution in [1.29, 1.82) is 0 Å². The summed E-state index contributed by atoms with van der Waals surface area (Å²) in [6, 6.07) is 105. The smallest absolute Gasteiger partial charge is 0.252 e. The van der Waals surface area contributed by atoms with Gasteiger partial charge in [-0.25, -0.2) is 0 Å². The van der Waals surface area contributed by atoms with Gasteiger partial charge < -0.3 is 14.4 Å². The van der Waals surface area contributed by atoms with Crippen LogP contribution in [0.5, 0.6) is 0 Å². The average Bonchev–Trinajstić information content (AvgIpc) is 0.911. The van der Waals surface area contributed by atoms with E-state index in [4.69, 9.17) is 0 Å². The second kappa shape index (κ2) is 19.9. The summed E-state index contributed by atoms with van der Waals surface area (Å²) in [5.74, 6) is 0. The fraction of sp³-hybridized carbons (Fsp3) is 0.100. The SMILES string of the molecule is CC(C)(C)c1ccc2c(c1)B1c3cc(C(C)(C)C)ccc3N(c3cc(-c4ccccc4)cc(-c4ccccc4)c3)c3cc(-c4ccc5c(c4)c4ccccc4n5-c4ccccc4)cc(c31)N2c1cc(-c2ccccc2)cc(-c2ccccc2)c1. The number of aromatic nitrogens is 1. The molecule has 13 aromatic rings. The fourth-order valence-corrected chi connectivity index (χ4v) is 13.3. The Hall–Kier alpha value is -9.90. The normalized spacial score (nSPS) is 12.8. The van der Waals surface area contributed by atoms with Crippen molar-refractivity contribution in [3.63, 3.8) is 0 Å². The van der Waals surface area contributed by atoms with Crippen LogP contribution in [0.2, 0.25) is 0 Å². The molecule has 4 heteroatoms. The molecule has 0 amide bonds. The molecule has 402 valence electrons. The van der Waals surface area contributed by atoms with Gasteiger partial charge in [-0.1, -0.05) is 230 Å². The van der Waals surface area contributed by atoms with Gasteiger partial charge >= 0.3 is 0 Å². The zero-order valence-electron chi connectivity index (χ0n) is 48.5. The average molecular weight is 1080 g/mol. The minimum absolute atomic E-state index is 0.103. The van der Waals surface area contributed by atoms with E-state index in [1.165, 1.54) is 117 Å². The summed E-state index contributed by atoms with van der Waals surface area (Å²) in [6.07, 6.45) is 0. The van der Waals surface area contributed by atoms with E-state index in [0.717, 1.165) is 28.2 Å². The van der Waals surface area contributed by atoms with Crippen molar-refractivity contribution in [3.05, 3.63) is 290 Å². The van der Waals surface area contributed by atoms with Crippen molar-refractivity contribution in [1.82, 2.24) is 4.57 Å². The second-order valence-electron chi connectivity index (χ2n) is 25.0. The third-order valence-electron chi connectivity index (χ3n) is 17.6. The summed E-state index contributed by atoms with van der Waals surface area (Å²) in [5.41, 5.74) is 28.4. The van der Waals surface area contributed by atoms with Gasteiger partial charge in [0.05, 0.1) is 11.0 Å². The highest BCUT2D eigenvalue weighted by atomic mass is 15.2. The molecule has 1 aromatic heterocycles. The summed E-state index contributed by atoms with van der Waals surface area (Å²) in [6.45, 7) is 14.0. The van der Waals surface area contributed by atoms with E-state index in [9.17, 15) is 0 Å². The largest absolute Gasteiger partial charge is 0.311 e. The lowest BCUT2D eigenvalue weighted by Crippen LogP contribution is -2.61. The Labute approximate surface area is 494 Å². The van der Waals surface area contributed by atoms with Crippen LogP contribution in [0.3, 0.4) is 0 Å². The Kier molecular flexibility index (Phi) is 12.1. The van der Waals surface area contributed by atoms with Crippen LogP contribution in [-0.2, 0) is 10.8 Å². The molecule has 3 heterocycles. The lowest BCUT2D eigenvalue weighted by atomic mass is 9.33. The first kappa shape index (κ1) is 51.0. The molecule has 3 nitrogen and oxygen atoms in total. The maximum atomic E-state index is 2.62. The van der Waals surface area contributed by atoms with E-state index in [2.05, 4.69) is 335 Å². The molecule has 0 saturated heterocycles. The quantitative estimate of drug-likeness (QED) is 0.141. The maximum absolute atomic E-state index is 2.62. The molecule has 15 rings (SSSR count). The van der Waals surface area contributed by atoms with Crippen molar-refractivity contribution < 1.29 is 0 Å². The van der Waals surface area contributed by atoms with E-state index < -0.39 is 0 Å². The van der Waals surface area contributed by atoms with Gasteiger partial charge in [-0.3, -0.25) is 0 Å². The summed E-state index contributed by atoms with van der Waals surface area (Å²) < 4.78 is 2.42. The van der Waals surface area contributed by atoms with E-state index in [1.807, 2.05) is 0 Å². The number of benzene rings is 12. The predicted octanol–water partition coefficient (Wildman–Crippen LogP) is 19.8. The van der Waals surface area contributed by atoms with Crippen molar-refractivity contribution in [2.24, 2.45) is 0 Å². The minimum Gasteiger partial charge on any atom is -0.311 e. The van der Waals surface area contributed by atoms with E-state index in [0.29, 0.717) is 0 Å². The van der Waals surface area contributed by atoms with E-state index in [-0.39, 0.29) is 17.5 Å². The number of hydrogen-bond donors (Lipinski definition) is 0. The highest BCUT2D eigenvalue weighted by Crippen LogP contribution is 2.50. The van der Waals surface area contributed by atoms with Gasteiger partial charge in [0.1, 0.15) is 0 Å². The molecule has 0 unspecified atom stereocenters. The van der Waals surface area contributed by atoms with E-state index in [1.54, 1.807) is 0 Å². The van der Waals surface area contributed by atoms with Crippen molar-refractivity contribution in [2.75, 3.05) is 9.80 Å². The van der Waals surface area contributed by atoms with Gasteiger partial charge in [-0.15, -0.1) is 0 Å². The summed E-state index contributed by atoms with van der Waals surface area (Å²) in [5, 5.41) is 2.45. The standard InChI is InChI=1S/C80H64BN3/c1-79(2,3)63-37-40-74-70(51-63)81-71-52-64(80(4,5)6)38-41-75(71)84(67-46-60(55-28-16-9-17-29-55)43-61(47-67)56-30-18-10-19-31-56)77-50-62(57-36-39-73-69(48-57)68-34-22-23-35-72(68)82(73)65-32-20-11-21-33-65)49-76(78(77)81)83(74)66-44-58(53-24-12-7-13-25-53)42-59(45-66)54-26-14-8-15-27-54/h7-52H,1-6H3. The van der Waals surface area contributed by atoms with Crippen LogP contribution < -0.4 is 26.2 Å². The van der Waals surface area contributed by atoms with Crippen molar-refractivity contribution in [3.8, 4) is 61.3 Å². The summed E-state index contributed by atoms with van der Waals surface area (Å²) >= 11 is 0. The first-order chi connectivity index (χ1) is 40.9. The Balaban J connectivity index is 1.08. The Bertz CT molecular complexity index is 4330. The highest BCUT2D eigenvalue weighted by Gasteiger charge is 2.45. The van der Waals surface area contributed by atoms with Crippen LogP contribution in [0.15, 0.2) is 279 Å². The molecule has 0 saturated carbocycles. The molecule has 0 N–H and O–H groups in total. The molecule has 0 fully saturated rings. The lowest BCUT2D eigenvalue weighted by Gasteiger charge is -2.45. The molecule has 2 aliphatic heterocycles. The topological polar surface area (TPSA) is 11.4 Å². The van der Waals surface area contributed by atoms with Crippen LogP contribution in [-0.4, -0.2) is 11.3 Å². The van der Waals surface area contributed by atoms with Crippen LogP contribution in [0, 0.1) is 0 Å². The molecule has 0 bridgehead atoms. The van der Waals surface area contributed by atoms with Gasteiger partial charge in [-0.05, 0) is 185 Å². The van der Waals surface area contributed by atoms with Gasteiger partial charge in [0, 0.05) is 50.6 Å². The number of fused-ring (bicyclic) bond motifs is 7. The van der Waals surface area contributed by atoms with Gasteiger partial charge in [0.25, 0.3) is 6.71 Å². The number of anilines is 6. The Morgan fingerprint density at radius 1 is 0.262 bits per heavy atom. The number of nitrogens with zero attached hydrogens (tertiary/aromatic N) is 3. The molecule has 0 spiro atoms. The monoisotopic (exact) mass is 1080 g/mol. The maximum Gasteiger partial charge on any atom is 0.252 e. The second-order valence-corrected chi connectivity index (χ2v) is 25.0. The van der Waals surface area contributed by atoms with Crippen LogP contribution in [0.4, 0.5) is 34.1 Å². The predicted molar refractivity (Wildman–Crippen MR) is 359 cm³/mol. The Morgan fingerprint density at radius 3 is 1.07 bits per heavy atom. The van der Waals surface area contributed by atoms with Crippen molar-refractivity contribution in [2.45, 2.75) is 52.4 Å². The summed E-state index contributed by atoms with van der Waals surface area (Å²) in [7, 11) is 0. The number of rotatable bonds is 8. The van der Waals surface area contributed by atoms with E-state index >= 15 is 0 Å². The lowest BCUT2D eigenvalue weighted by molar-refractivity contribution is 0.590. The molecule has 0 aliphatic carbocycles. The molecule has 0 atom stereocenters. The number of para-hydroxylation sites is 2. The van der Waals surface area contributed by atoms with Crippen LogP contribution in [0.25, 0.3) is 83.1 Å². The van der Waals surface area contributed by atoms with Crippen LogP contribution in [0.1, 0.15) is 52.7 Å². The Morgan fingerprint density at radius 2 is 0.643 bits per heavy atom.